The zero-order valence-corrected chi connectivity index (χ0v) is 28.5. The second kappa shape index (κ2) is 14.7. The molecule has 4 aromatic heterocycles. The van der Waals surface area contributed by atoms with E-state index >= 15 is 0 Å². The Morgan fingerprint density at radius 3 is 2.53 bits per heavy atom. The van der Waals surface area contributed by atoms with E-state index in [0.29, 0.717) is 11.3 Å². The first kappa shape index (κ1) is 28.9. The molecule has 0 aliphatic heterocycles. The normalized spacial score (nSPS) is 14.7. The molecule has 0 spiro atoms. The number of pyridine rings is 2. The molecule has 0 amide bonds. The van der Waals surface area contributed by atoms with Crippen LogP contribution in [-0.2, 0) is 37.7 Å². The number of benzene rings is 1. The topological polar surface area (TPSA) is 76.2 Å². The number of aliphatic hydroxyl groups excluding tert-OH is 1. The van der Waals surface area contributed by atoms with Crippen molar-refractivity contribution in [1.82, 2.24) is 9.97 Å². The van der Waals surface area contributed by atoms with Crippen molar-refractivity contribution in [2.45, 2.75) is 85.9 Å². The third-order valence-corrected chi connectivity index (χ3v) is 9.73. The zero-order chi connectivity index (χ0) is 32.3. The number of nitrogens with zero attached hydrogens (tertiary/aromatic N) is 2. The van der Waals surface area contributed by atoms with E-state index in [1.807, 2.05) is 57.4 Å². The third-order valence-electron chi connectivity index (χ3n) is 8.48. The Balaban J connectivity index is 0.000000259. The average Bonchev–Trinajstić information content (AvgIpc) is 3.59. The number of hydrogen-bond acceptors (Lipinski definition) is 6. The minimum Gasteiger partial charge on any atom is -0.512 e. The Bertz CT molecular complexity index is 1850. The van der Waals surface area contributed by atoms with Crippen molar-refractivity contribution in [2.75, 3.05) is 0 Å². The molecule has 0 atom stereocenters. The molecule has 5 nitrogen and oxygen atoms in total. The maximum Gasteiger partial charge on any atom is 0.216 e. The summed E-state index contributed by atoms with van der Waals surface area (Å²) in [6.07, 6.45) is 11.7. The summed E-state index contributed by atoms with van der Waals surface area (Å²) in [5.41, 5.74) is 4.04. The number of fused-ring (bicyclic) bond motifs is 6. The van der Waals surface area contributed by atoms with Gasteiger partial charge in [0.1, 0.15) is 0 Å². The van der Waals surface area contributed by atoms with E-state index in [9.17, 15) is 9.90 Å². The van der Waals surface area contributed by atoms with Crippen molar-refractivity contribution in [3.05, 3.63) is 70.6 Å². The van der Waals surface area contributed by atoms with E-state index < -0.39 is 6.85 Å². The van der Waals surface area contributed by atoms with Crippen LogP contribution in [0.2, 0.25) is 0 Å². The number of furan rings is 1. The Hall–Kier alpha value is -2.86. The third kappa shape index (κ3) is 6.95. The minimum atomic E-state index is -2.27. The number of ketones is 1. The van der Waals surface area contributed by atoms with Gasteiger partial charge in [-0.05, 0) is 81.6 Å². The van der Waals surface area contributed by atoms with Crippen LogP contribution >= 0.6 is 11.3 Å². The molecule has 0 unspecified atom stereocenters. The quantitative estimate of drug-likeness (QED) is 0.0965. The number of aryl methyl sites for hydroxylation is 3. The largest absolute Gasteiger partial charge is 0.512 e. The molecular formula is C36H41IrN2O3S-. The second-order valence-electron chi connectivity index (χ2n) is 11.0. The first-order valence-corrected chi connectivity index (χ1v) is 16.0. The number of carbonyl (C=O) groups excluding carboxylic acids is 1. The number of carbonyl (C=O) groups is 1. The second-order valence-corrected chi connectivity index (χ2v) is 12.2. The van der Waals surface area contributed by atoms with Crippen LogP contribution in [0.15, 0.2) is 52.8 Å². The summed E-state index contributed by atoms with van der Waals surface area (Å²) < 4.78 is 30.1. The number of allylic oxidation sites excluding steroid dienone is 2. The SMILES string of the molecule is CCC(CC)C(=O)/C=C(\O)C(CC)CC.[2H]C([2H])([2H])c1ccc2c(n1)oc1c(-c3cc4sc5c(c4cn3)CCCC5)[c-]ccc12.[Ir]. The predicted octanol–water partition coefficient (Wildman–Crippen LogP) is 10.1. The van der Waals surface area contributed by atoms with Gasteiger partial charge in [0.25, 0.3) is 0 Å². The van der Waals surface area contributed by atoms with E-state index in [1.165, 1.54) is 39.4 Å². The molecule has 1 aliphatic carbocycles. The number of thiophene rings is 1. The molecule has 0 saturated carbocycles. The summed E-state index contributed by atoms with van der Waals surface area (Å²) >= 11 is 1.86. The van der Waals surface area contributed by atoms with Gasteiger partial charge in [-0.1, -0.05) is 44.7 Å². The van der Waals surface area contributed by atoms with Crippen LogP contribution < -0.4 is 0 Å². The molecule has 0 saturated heterocycles. The Kier molecular flexibility index (Phi) is 9.90. The molecule has 1 N–H and O–H groups in total. The van der Waals surface area contributed by atoms with Crippen LogP contribution in [0, 0.1) is 24.8 Å². The van der Waals surface area contributed by atoms with E-state index in [0.717, 1.165) is 60.6 Å². The Labute approximate surface area is 276 Å². The van der Waals surface area contributed by atoms with Crippen molar-refractivity contribution in [2.24, 2.45) is 11.8 Å². The first-order valence-electron chi connectivity index (χ1n) is 16.7. The van der Waals surface area contributed by atoms with Gasteiger partial charge in [-0.2, -0.15) is 0 Å². The standard InChI is InChI=1S/C23H17N2OS.C13H24O2.Ir/c1-13-9-10-16-15-6-4-7-17(22(15)26-23(16)25-13)19-11-21-18(12-24-19)14-5-2-3-8-20(14)27-21;1-5-10(6-2)12(14)9-13(15)11(7-3)8-4;/h4,6,9-12H,2-3,5,8H2,1H3;9-11,14H,5-8H2,1-4H3;/q-1;;/b;12-9-;/i1D3;;. The fraction of sp³-hybridized carbons (Fsp3) is 0.417. The number of hydrogen-bond donors (Lipinski definition) is 1. The molecule has 1 aliphatic rings. The van der Waals surface area contributed by atoms with Crippen LogP contribution in [0.4, 0.5) is 0 Å². The van der Waals surface area contributed by atoms with Crippen LogP contribution in [0.3, 0.4) is 0 Å². The predicted molar refractivity (Wildman–Crippen MR) is 174 cm³/mol. The van der Waals surface area contributed by atoms with Gasteiger partial charge < -0.3 is 14.5 Å². The van der Waals surface area contributed by atoms with Crippen LogP contribution in [-0.4, -0.2) is 20.9 Å². The van der Waals surface area contributed by atoms with E-state index in [4.69, 9.17) is 13.5 Å². The molecule has 4 heterocycles. The van der Waals surface area contributed by atoms with Crippen LogP contribution in [0.1, 0.15) is 86.5 Å². The van der Waals surface area contributed by atoms with Crippen molar-refractivity contribution in [3.8, 4) is 11.3 Å². The van der Waals surface area contributed by atoms with E-state index in [2.05, 4.69) is 17.1 Å². The fourth-order valence-corrected chi connectivity index (χ4v) is 7.19. The zero-order valence-electron chi connectivity index (χ0n) is 28.3. The summed E-state index contributed by atoms with van der Waals surface area (Å²) in [5.74, 6) is 0.547. The first-order chi connectivity index (χ1) is 21.6. The van der Waals surface area contributed by atoms with Gasteiger partial charge in [0.2, 0.25) is 5.71 Å². The van der Waals surface area contributed by atoms with Crippen molar-refractivity contribution in [1.29, 1.82) is 0 Å². The monoisotopic (exact) mass is 777 g/mol. The van der Waals surface area contributed by atoms with E-state index in [1.54, 1.807) is 12.1 Å². The number of aromatic nitrogens is 2. The van der Waals surface area contributed by atoms with Crippen LogP contribution in [0.25, 0.3) is 43.4 Å². The van der Waals surface area contributed by atoms with Gasteiger partial charge in [-0.3, -0.25) is 4.79 Å². The summed E-state index contributed by atoms with van der Waals surface area (Å²) in [6, 6.07) is 12.5. The smallest absolute Gasteiger partial charge is 0.216 e. The maximum absolute atomic E-state index is 11.7. The van der Waals surface area contributed by atoms with Gasteiger partial charge in [0, 0.05) is 74.4 Å². The van der Waals surface area contributed by atoms with E-state index in [-0.39, 0.29) is 49.2 Å². The fourth-order valence-electron chi connectivity index (χ4n) is 5.88. The average molecular weight is 777 g/mol. The molecule has 7 heteroatoms. The molecule has 229 valence electrons. The van der Waals surface area contributed by atoms with Crippen molar-refractivity contribution in [3.63, 3.8) is 0 Å². The number of rotatable bonds is 8. The molecular weight excluding hydrogens is 733 g/mol. The Morgan fingerprint density at radius 1 is 1.07 bits per heavy atom. The molecule has 43 heavy (non-hydrogen) atoms. The summed E-state index contributed by atoms with van der Waals surface area (Å²) in [4.78, 5) is 22.2. The molecule has 0 bridgehead atoms. The van der Waals surface area contributed by atoms with Crippen LogP contribution in [0.5, 0.6) is 0 Å². The molecule has 5 aromatic rings. The van der Waals surface area contributed by atoms with Crippen molar-refractivity contribution < 1.29 is 38.5 Å². The summed E-state index contributed by atoms with van der Waals surface area (Å²) in [7, 11) is 0. The van der Waals surface area contributed by atoms with Gasteiger partial charge in [0.05, 0.1) is 11.3 Å². The molecule has 6 rings (SSSR count). The van der Waals surface area contributed by atoms with Gasteiger partial charge >= 0.3 is 0 Å². The minimum absolute atomic E-state index is 0. The summed E-state index contributed by atoms with van der Waals surface area (Å²) in [6.45, 7) is 5.80. The van der Waals surface area contributed by atoms with Crippen molar-refractivity contribution >= 4 is 49.3 Å². The maximum atomic E-state index is 11.7. The van der Waals surface area contributed by atoms with Gasteiger partial charge in [0.15, 0.2) is 5.78 Å². The Morgan fingerprint density at radius 2 is 1.81 bits per heavy atom. The summed E-state index contributed by atoms with van der Waals surface area (Å²) in [5, 5.41) is 12.7. The van der Waals surface area contributed by atoms with Gasteiger partial charge in [-0.25, -0.2) is 4.98 Å². The molecule has 1 radical (unpaired) electrons. The molecule has 0 fully saturated rings. The number of aliphatic hydroxyl groups is 1. The van der Waals surface area contributed by atoms with Gasteiger partial charge in [-0.15, -0.1) is 29.5 Å². The molecule has 1 aromatic carbocycles.